The fourth-order valence-electron chi connectivity index (χ4n) is 4.14. The van der Waals surface area contributed by atoms with Gasteiger partial charge in [-0.3, -0.25) is 14.7 Å². The number of anilines is 1. The zero-order valence-corrected chi connectivity index (χ0v) is 20.2. The average Bonchev–Trinajstić information content (AvgIpc) is 3.49. The molecular weight excluding hydrogens is 462 g/mol. The van der Waals surface area contributed by atoms with Crippen molar-refractivity contribution in [1.82, 2.24) is 29.2 Å². The summed E-state index contributed by atoms with van der Waals surface area (Å²) in [6, 6.07) is 7.58. The van der Waals surface area contributed by atoms with Gasteiger partial charge in [0.15, 0.2) is 17.5 Å². The molecule has 0 saturated carbocycles. The zero-order valence-electron chi connectivity index (χ0n) is 20.2. The van der Waals surface area contributed by atoms with Gasteiger partial charge in [-0.15, -0.1) is 5.10 Å². The highest BCUT2D eigenvalue weighted by Crippen LogP contribution is 2.27. The summed E-state index contributed by atoms with van der Waals surface area (Å²) in [6.07, 6.45) is 7.14. The van der Waals surface area contributed by atoms with E-state index in [9.17, 15) is 4.79 Å². The van der Waals surface area contributed by atoms with E-state index in [1.807, 2.05) is 36.7 Å². The number of esters is 1. The lowest BCUT2D eigenvalue weighted by Crippen LogP contribution is -2.38. The lowest BCUT2D eigenvalue weighted by Gasteiger charge is -2.26. The van der Waals surface area contributed by atoms with Crippen molar-refractivity contribution in [3.8, 4) is 17.4 Å². The Bertz CT molecular complexity index is 1340. The summed E-state index contributed by atoms with van der Waals surface area (Å²) >= 11 is 0. The van der Waals surface area contributed by atoms with Crippen molar-refractivity contribution in [1.29, 1.82) is 0 Å². The number of morpholine rings is 1. The topological polar surface area (TPSA) is 123 Å². The van der Waals surface area contributed by atoms with Gasteiger partial charge in [0.1, 0.15) is 12.4 Å². The number of ether oxygens (including phenoxy) is 3. The van der Waals surface area contributed by atoms with E-state index < -0.39 is 0 Å². The highest BCUT2D eigenvalue weighted by atomic mass is 16.5. The van der Waals surface area contributed by atoms with Crippen LogP contribution in [-0.2, 0) is 20.7 Å². The van der Waals surface area contributed by atoms with Crippen LogP contribution < -0.4 is 10.5 Å². The van der Waals surface area contributed by atoms with Gasteiger partial charge in [-0.2, -0.15) is 0 Å². The van der Waals surface area contributed by atoms with Crippen LogP contribution >= 0.6 is 0 Å². The number of nitrogens with zero attached hydrogens (tertiary/aromatic N) is 6. The summed E-state index contributed by atoms with van der Waals surface area (Å²) in [5, 5.41) is 5.30. The largest absolute Gasteiger partial charge is 0.492 e. The van der Waals surface area contributed by atoms with Crippen molar-refractivity contribution in [3.63, 3.8) is 0 Å². The van der Waals surface area contributed by atoms with Crippen LogP contribution in [0.3, 0.4) is 0 Å². The second-order valence-corrected chi connectivity index (χ2v) is 8.42. The number of hydrogen-bond acceptors (Lipinski definition) is 9. The monoisotopic (exact) mass is 491 g/mol. The van der Waals surface area contributed by atoms with Crippen LogP contribution in [0.5, 0.6) is 5.75 Å². The van der Waals surface area contributed by atoms with E-state index in [1.54, 1.807) is 28.6 Å². The Balaban J connectivity index is 1.35. The Labute approximate surface area is 208 Å². The van der Waals surface area contributed by atoms with E-state index in [-0.39, 0.29) is 12.4 Å². The molecule has 5 rings (SSSR count). The highest BCUT2D eigenvalue weighted by molar-refractivity contribution is 5.91. The van der Waals surface area contributed by atoms with Gasteiger partial charge in [-0.05, 0) is 30.7 Å². The van der Waals surface area contributed by atoms with Crippen molar-refractivity contribution < 1.29 is 19.0 Å². The maximum atomic E-state index is 11.8. The van der Waals surface area contributed by atoms with Gasteiger partial charge in [0.25, 0.3) is 0 Å². The van der Waals surface area contributed by atoms with Gasteiger partial charge >= 0.3 is 5.97 Å². The minimum atomic E-state index is -0.267. The molecular formula is C25H29N7O4. The first-order valence-electron chi connectivity index (χ1n) is 12.0. The summed E-state index contributed by atoms with van der Waals surface area (Å²) < 4.78 is 19.9. The smallest absolute Gasteiger partial charge is 0.310 e. The zero-order chi connectivity index (χ0) is 24.9. The van der Waals surface area contributed by atoms with Gasteiger partial charge in [0.2, 0.25) is 0 Å². The Morgan fingerprint density at radius 2 is 2.00 bits per heavy atom. The molecule has 4 heterocycles. The quantitative estimate of drug-likeness (QED) is 0.350. The second kappa shape index (κ2) is 10.8. The van der Waals surface area contributed by atoms with Crippen LogP contribution in [0.25, 0.3) is 22.5 Å². The Morgan fingerprint density at radius 3 is 2.83 bits per heavy atom. The van der Waals surface area contributed by atoms with Gasteiger partial charge in [-0.1, -0.05) is 0 Å². The van der Waals surface area contributed by atoms with Gasteiger partial charge in [0, 0.05) is 43.5 Å². The second-order valence-electron chi connectivity index (χ2n) is 8.42. The predicted octanol–water partition coefficient (Wildman–Crippen LogP) is 2.00. The van der Waals surface area contributed by atoms with Gasteiger partial charge in [0.05, 0.1) is 44.2 Å². The molecule has 4 aromatic rings. The van der Waals surface area contributed by atoms with E-state index in [0.29, 0.717) is 30.7 Å². The van der Waals surface area contributed by atoms with Crippen LogP contribution in [0, 0.1) is 0 Å². The molecule has 1 saturated heterocycles. The van der Waals surface area contributed by atoms with Gasteiger partial charge in [-0.25, -0.2) is 9.67 Å². The number of aromatic nitrogens is 5. The normalized spacial score (nSPS) is 14.2. The maximum absolute atomic E-state index is 11.8. The summed E-state index contributed by atoms with van der Waals surface area (Å²) in [5.74, 6) is 1.96. The first kappa shape index (κ1) is 23.8. The molecule has 1 aliphatic rings. The molecule has 0 amide bonds. The fourth-order valence-corrected chi connectivity index (χ4v) is 4.14. The van der Waals surface area contributed by atoms with Crippen LogP contribution in [-0.4, -0.2) is 81.2 Å². The van der Waals surface area contributed by atoms with Crippen molar-refractivity contribution in [3.05, 3.63) is 54.6 Å². The number of carbonyl (C=O) groups is 1. The number of nitrogens with two attached hydrogens (primary N) is 1. The average molecular weight is 492 g/mol. The molecule has 11 nitrogen and oxygen atoms in total. The van der Waals surface area contributed by atoms with Crippen LogP contribution in [0.2, 0.25) is 0 Å². The third-order valence-corrected chi connectivity index (χ3v) is 5.96. The molecule has 0 aliphatic carbocycles. The van der Waals surface area contributed by atoms with Crippen molar-refractivity contribution >= 4 is 22.7 Å². The minimum absolute atomic E-state index is 0.197. The fraction of sp³-hybridized carbons (Fsp3) is 0.360. The van der Waals surface area contributed by atoms with Crippen molar-refractivity contribution in [2.45, 2.75) is 13.3 Å². The SMILES string of the molecule is CCOC(=O)Cc1ccn(-c2cncc(-n3nc(N)c4ccc(OCCN5CCOCC5)cc43)n2)c1. The van der Waals surface area contributed by atoms with Crippen molar-refractivity contribution in [2.75, 3.05) is 51.8 Å². The third kappa shape index (κ3) is 5.31. The molecule has 1 aromatic carbocycles. The Kier molecular flexibility index (Phi) is 7.10. The molecule has 2 N–H and O–H groups in total. The number of fused-ring (bicyclic) bond motifs is 1. The van der Waals surface area contributed by atoms with Crippen LogP contribution in [0.15, 0.2) is 49.1 Å². The van der Waals surface area contributed by atoms with E-state index >= 15 is 0 Å². The van der Waals surface area contributed by atoms with E-state index in [4.69, 9.17) is 24.9 Å². The third-order valence-electron chi connectivity index (χ3n) is 5.96. The molecule has 0 unspecified atom stereocenters. The molecule has 0 spiro atoms. The van der Waals surface area contributed by atoms with Crippen molar-refractivity contribution in [2.24, 2.45) is 0 Å². The molecule has 0 radical (unpaired) electrons. The number of carbonyl (C=O) groups excluding carboxylic acids is 1. The first-order valence-corrected chi connectivity index (χ1v) is 12.0. The summed E-state index contributed by atoms with van der Waals surface area (Å²) in [6.45, 7) is 6.93. The molecule has 0 bridgehead atoms. The molecule has 1 aliphatic heterocycles. The number of benzene rings is 1. The van der Waals surface area contributed by atoms with Crippen LogP contribution in [0.1, 0.15) is 12.5 Å². The summed E-state index contributed by atoms with van der Waals surface area (Å²) in [7, 11) is 0. The number of rotatable bonds is 9. The molecule has 1 fully saturated rings. The number of nitrogen functional groups attached to an aromatic ring is 1. The summed E-state index contributed by atoms with van der Waals surface area (Å²) in [4.78, 5) is 23.2. The van der Waals surface area contributed by atoms with Gasteiger partial charge < -0.3 is 24.5 Å². The lowest BCUT2D eigenvalue weighted by molar-refractivity contribution is -0.142. The van der Waals surface area contributed by atoms with E-state index in [2.05, 4.69) is 15.0 Å². The molecule has 188 valence electrons. The van der Waals surface area contributed by atoms with E-state index in [1.165, 1.54) is 0 Å². The molecule has 0 atom stereocenters. The molecule has 3 aromatic heterocycles. The Morgan fingerprint density at radius 1 is 1.17 bits per heavy atom. The number of hydrogen-bond donors (Lipinski definition) is 1. The summed E-state index contributed by atoms with van der Waals surface area (Å²) in [5.41, 5.74) is 7.80. The molecule has 36 heavy (non-hydrogen) atoms. The van der Waals surface area contributed by atoms with E-state index in [0.717, 1.165) is 55.1 Å². The first-order chi connectivity index (χ1) is 17.6. The Hall–Kier alpha value is -3.96. The maximum Gasteiger partial charge on any atom is 0.310 e. The highest BCUT2D eigenvalue weighted by Gasteiger charge is 2.15. The standard InChI is InChI=1S/C25H29N7O4/c1-2-35-24(33)13-18-5-6-31(17-18)22-15-27-16-23(28-22)32-21-14-19(3-4-20(21)25(26)29-32)36-12-9-30-7-10-34-11-8-30/h3-6,14-17H,2,7-13H2,1H3,(H2,26,29). The van der Waals surface area contributed by atoms with Crippen LogP contribution in [0.4, 0.5) is 5.82 Å². The minimum Gasteiger partial charge on any atom is -0.492 e. The predicted molar refractivity (Wildman–Crippen MR) is 133 cm³/mol. The molecule has 11 heteroatoms. The lowest BCUT2D eigenvalue weighted by atomic mass is 10.2.